The molecule has 0 saturated carbocycles. The molecule has 1 atom stereocenters. The normalized spacial score (nSPS) is 12.4. The number of allylic oxidation sites excluding steroid dienone is 1. The Bertz CT molecular complexity index is 335. The molecule has 0 heterocycles. The average Bonchev–Trinajstić information content (AvgIpc) is 2.29. The second kappa shape index (κ2) is 8.02. The zero-order valence-electron chi connectivity index (χ0n) is 10.2. The highest BCUT2D eigenvalue weighted by atomic mass is 19.1. The fourth-order valence-electron chi connectivity index (χ4n) is 1.88. The van der Waals surface area contributed by atoms with Crippen molar-refractivity contribution in [2.24, 2.45) is 0 Å². The van der Waals surface area contributed by atoms with Crippen molar-refractivity contribution >= 4 is 0 Å². The van der Waals surface area contributed by atoms with Gasteiger partial charge in [-0.25, -0.2) is 4.39 Å². The monoisotopic (exact) mass is 236 g/mol. The summed E-state index contributed by atoms with van der Waals surface area (Å²) < 4.78 is 12.9. The third-order valence-corrected chi connectivity index (χ3v) is 2.81. The van der Waals surface area contributed by atoms with Gasteiger partial charge in [-0.2, -0.15) is 0 Å². The second-order valence-corrected chi connectivity index (χ2v) is 4.41. The Morgan fingerprint density at radius 1 is 1.29 bits per heavy atom. The lowest BCUT2D eigenvalue weighted by Gasteiger charge is -2.10. The molecule has 1 aromatic carbocycles. The molecule has 1 aromatic rings. The fraction of sp³-hybridized carbons (Fsp3) is 0.467. The van der Waals surface area contributed by atoms with Gasteiger partial charge in [0.2, 0.25) is 0 Å². The van der Waals surface area contributed by atoms with Crippen LogP contribution in [0.25, 0.3) is 0 Å². The number of rotatable bonds is 8. The van der Waals surface area contributed by atoms with Crippen LogP contribution >= 0.6 is 0 Å². The van der Waals surface area contributed by atoms with E-state index < -0.39 is 0 Å². The number of unbranched alkanes of at least 4 members (excludes halogenated alkanes) is 3. The van der Waals surface area contributed by atoms with Gasteiger partial charge in [-0.3, -0.25) is 0 Å². The Morgan fingerprint density at radius 2 is 2.12 bits per heavy atom. The molecule has 2 heteroatoms. The standard InChI is InChI=1S/C15H21FO/c1-2-3-4-5-6-10-15(17)12-13-8-7-9-14(16)11-13/h2,7-9,11,15,17H,1,3-6,10,12H2. The molecule has 0 radical (unpaired) electrons. The highest BCUT2D eigenvalue weighted by Gasteiger charge is 2.05. The highest BCUT2D eigenvalue weighted by Crippen LogP contribution is 2.11. The SMILES string of the molecule is C=CCCCCCC(O)Cc1cccc(F)c1. The van der Waals surface area contributed by atoms with Crippen molar-refractivity contribution in [2.45, 2.75) is 44.6 Å². The lowest BCUT2D eigenvalue weighted by molar-refractivity contribution is 0.161. The van der Waals surface area contributed by atoms with E-state index >= 15 is 0 Å². The molecule has 0 amide bonds. The molecule has 1 N–H and O–H groups in total. The first-order chi connectivity index (χ1) is 8.22. The van der Waals surface area contributed by atoms with Gasteiger partial charge in [0.1, 0.15) is 5.82 Å². The van der Waals surface area contributed by atoms with Crippen molar-refractivity contribution in [2.75, 3.05) is 0 Å². The maximum atomic E-state index is 12.9. The number of aliphatic hydroxyl groups excluding tert-OH is 1. The van der Waals surface area contributed by atoms with Gasteiger partial charge in [0.15, 0.2) is 0 Å². The van der Waals surface area contributed by atoms with Crippen LogP contribution in [0.15, 0.2) is 36.9 Å². The molecular weight excluding hydrogens is 215 g/mol. The van der Waals surface area contributed by atoms with Gasteiger partial charge in [0.05, 0.1) is 6.10 Å². The van der Waals surface area contributed by atoms with E-state index in [0.717, 1.165) is 37.7 Å². The topological polar surface area (TPSA) is 20.2 Å². The summed E-state index contributed by atoms with van der Waals surface area (Å²) in [5, 5.41) is 9.81. The molecule has 1 nitrogen and oxygen atoms in total. The van der Waals surface area contributed by atoms with Crippen LogP contribution < -0.4 is 0 Å². The van der Waals surface area contributed by atoms with Crippen LogP contribution in [0, 0.1) is 5.82 Å². The first kappa shape index (κ1) is 13.9. The maximum Gasteiger partial charge on any atom is 0.123 e. The lowest BCUT2D eigenvalue weighted by Crippen LogP contribution is -2.10. The van der Waals surface area contributed by atoms with Gasteiger partial charge < -0.3 is 5.11 Å². The number of hydrogen-bond acceptors (Lipinski definition) is 1. The van der Waals surface area contributed by atoms with Crippen LogP contribution in [0.3, 0.4) is 0 Å². The quantitative estimate of drug-likeness (QED) is 0.536. The molecule has 0 aliphatic heterocycles. The summed E-state index contributed by atoms with van der Waals surface area (Å²) in [4.78, 5) is 0. The molecule has 0 saturated heterocycles. The maximum absolute atomic E-state index is 12.9. The summed E-state index contributed by atoms with van der Waals surface area (Å²) in [6.45, 7) is 3.67. The molecule has 1 rings (SSSR count). The Labute approximate surface area is 103 Å². The lowest BCUT2D eigenvalue weighted by atomic mass is 10.0. The molecule has 0 aliphatic carbocycles. The second-order valence-electron chi connectivity index (χ2n) is 4.41. The summed E-state index contributed by atoms with van der Waals surface area (Å²) in [6.07, 6.45) is 7.20. The molecule has 0 aliphatic rings. The van der Waals surface area contributed by atoms with Gasteiger partial charge in [-0.1, -0.05) is 31.1 Å². The molecule has 94 valence electrons. The Balaban J connectivity index is 2.20. The molecule has 0 spiro atoms. The Kier molecular flexibility index (Phi) is 6.56. The van der Waals surface area contributed by atoms with E-state index in [-0.39, 0.29) is 11.9 Å². The summed E-state index contributed by atoms with van der Waals surface area (Å²) in [6, 6.07) is 6.44. The van der Waals surface area contributed by atoms with Crippen molar-refractivity contribution in [3.63, 3.8) is 0 Å². The number of aliphatic hydroxyl groups is 1. The van der Waals surface area contributed by atoms with Crippen molar-refractivity contribution in [1.82, 2.24) is 0 Å². The van der Waals surface area contributed by atoms with E-state index in [0.29, 0.717) is 6.42 Å². The van der Waals surface area contributed by atoms with Crippen LogP contribution in [0.5, 0.6) is 0 Å². The number of halogens is 1. The van der Waals surface area contributed by atoms with Gasteiger partial charge in [-0.05, 0) is 43.4 Å². The number of benzene rings is 1. The van der Waals surface area contributed by atoms with Crippen molar-refractivity contribution in [1.29, 1.82) is 0 Å². The predicted octanol–water partition coefficient (Wildman–Crippen LogP) is 3.87. The van der Waals surface area contributed by atoms with Crippen molar-refractivity contribution in [3.05, 3.63) is 48.3 Å². The van der Waals surface area contributed by atoms with E-state index in [2.05, 4.69) is 6.58 Å². The Morgan fingerprint density at radius 3 is 2.82 bits per heavy atom. The molecule has 17 heavy (non-hydrogen) atoms. The van der Waals surface area contributed by atoms with E-state index in [9.17, 15) is 9.50 Å². The summed E-state index contributed by atoms with van der Waals surface area (Å²) in [5.74, 6) is -0.235. The van der Waals surface area contributed by atoms with E-state index in [4.69, 9.17) is 0 Å². The van der Waals surface area contributed by atoms with Crippen LogP contribution in [-0.2, 0) is 6.42 Å². The minimum atomic E-state index is -0.361. The zero-order chi connectivity index (χ0) is 12.5. The highest BCUT2D eigenvalue weighted by molar-refractivity contribution is 5.16. The molecule has 0 aromatic heterocycles. The van der Waals surface area contributed by atoms with E-state index in [1.54, 1.807) is 6.07 Å². The van der Waals surface area contributed by atoms with Gasteiger partial charge in [0.25, 0.3) is 0 Å². The van der Waals surface area contributed by atoms with Crippen LogP contribution in [0.4, 0.5) is 4.39 Å². The van der Waals surface area contributed by atoms with Crippen LogP contribution in [-0.4, -0.2) is 11.2 Å². The third-order valence-electron chi connectivity index (χ3n) is 2.81. The first-order valence-electron chi connectivity index (χ1n) is 6.26. The van der Waals surface area contributed by atoms with Gasteiger partial charge in [-0.15, -0.1) is 6.58 Å². The molecule has 0 fully saturated rings. The van der Waals surface area contributed by atoms with Crippen LogP contribution in [0.2, 0.25) is 0 Å². The minimum Gasteiger partial charge on any atom is -0.393 e. The largest absolute Gasteiger partial charge is 0.393 e. The van der Waals surface area contributed by atoms with Crippen LogP contribution in [0.1, 0.15) is 37.7 Å². The molecular formula is C15H21FO. The zero-order valence-corrected chi connectivity index (χ0v) is 10.2. The first-order valence-corrected chi connectivity index (χ1v) is 6.26. The fourth-order valence-corrected chi connectivity index (χ4v) is 1.88. The summed E-state index contributed by atoms with van der Waals surface area (Å²) in [5.41, 5.74) is 0.864. The van der Waals surface area contributed by atoms with Gasteiger partial charge in [0, 0.05) is 0 Å². The average molecular weight is 236 g/mol. The van der Waals surface area contributed by atoms with Gasteiger partial charge >= 0.3 is 0 Å². The third kappa shape index (κ3) is 6.22. The van der Waals surface area contributed by atoms with Crippen molar-refractivity contribution < 1.29 is 9.50 Å². The van der Waals surface area contributed by atoms with E-state index in [1.807, 2.05) is 12.1 Å². The number of hydrogen-bond donors (Lipinski definition) is 1. The minimum absolute atomic E-state index is 0.235. The van der Waals surface area contributed by atoms with E-state index in [1.165, 1.54) is 12.1 Å². The molecule has 0 bridgehead atoms. The molecule has 1 unspecified atom stereocenters. The summed E-state index contributed by atoms with van der Waals surface area (Å²) in [7, 11) is 0. The smallest absolute Gasteiger partial charge is 0.123 e. The van der Waals surface area contributed by atoms with Crippen molar-refractivity contribution in [3.8, 4) is 0 Å². The summed E-state index contributed by atoms with van der Waals surface area (Å²) >= 11 is 0. The Hall–Kier alpha value is -1.15. The predicted molar refractivity (Wildman–Crippen MR) is 69.4 cm³/mol.